The number of carbonyl (C=O) groups excluding carboxylic acids is 1. The Bertz CT molecular complexity index is 1030. The molecule has 0 unspecified atom stereocenters. The van der Waals surface area contributed by atoms with Gasteiger partial charge in [-0.05, 0) is 35.7 Å². The fourth-order valence-electron chi connectivity index (χ4n) is 3.22. The van der Waals surface area contributed by atoms with Crippen molar-refractivity contribution in [2.45, 2.75) is 6.42 Å². The molecule has 0 bridgehead atoms. The van der Waals surface area contributed by atoms with E-state index in [0.717, 1.165) is 4.88 Å². The second-order valence-electron chi connectivity index (χ2n) is 6.55. The number of thiophene rings is 1. The lowest BCUT2D eigenvalue weighted by Gasteiger charge is -2.35. The quantitative estimate of drug-likeness (QED) is 0.658. The molecule has 1 aromatic carbocycles. The minimum absolute atomic E-state index is 0.152. The van der Waals surface area contributed by atoms with Crippen LogP contribution >= 0.6 is 22.9 Å². The molecule has 1 aliphatic heterocycles. The van der Waals surface area contributed by atoms with Crippen molar-refractivity contribution in [1.29, 1.82) is 0 Å². The number of anilines is 1. The molecule has 1 amide bonds. The van der Waals surface area contributed by atoms with Crippen LogP contribution in [0.5, 0.6) is 0 Å². The molecule has 0 aliphatic carbocycles. The predicted molar refractivity (Wildman–Crippen MR) is 112 cm³/mol. The number of hydrogen-bond acceptors (Lipinski definition) is 5. The number of benzene rings is 1. The first kappa shape index (κ1) is 18.7. The van der Waals surface area contributed by atoms with Crippen molar-refractivity contribution in [1.82, 2.24) is 14.7 Å². The smallest absolute Gasteiger partial charge is 0.271 e. The Morgan fingerprint density at radius 1 is 1.07 bits per heavy atom. The fraction of sp³-hybridized carbons (Fsp3) is 0.250. The number of rotatable bonds is 4. The monoisotopic (exact) mass is 414 g/mol. The third-order valence-corrected chi connectivity index (χ3v) is 5.81. The van der Waals surface area contributed by atoms with E-state index in [4.69, 9.17) is 11.6 Å². The van der Waals surface area contributed by atoms with Gasteiger partial charge in [-0.1, -0.05) is 23.7 Å². The fourth-order valence-corrected chi connectivity index (χ4v) is 4.10. The van der Waals surface area contributed by atoms with Crippen LogP contribution < -0.4 is 10.5 Å². The first-order chi connectivity index (χ1) is 13.6. The zero-order valence-electron chi connectivity index (χ0n) is 15.1. The van der Waals surface area contributed by atoms with Crippen LogP contribution in [0, 0.1) is 0 Å². The number of carbonyl (C=O) groups is 1. The first-order valence-electron chi connectivity index (χ1n) is 9.01. The number of piperazine rings is 1. The van der Waals surface area contributed by atoms with E-state index in [9.17, 15) is 9.59 Å². The molecule has 4 rings (SSSR count). The molecule has 2 aromatic heterocycles. The molecule has 8 heteroatoms. The molecule has 0 atom stereocenters. The highest BCUT2D eigenvalue weighted by Gasteiger charge is 2.22. The maximum atomic E-state index is 12.5. The molecule has 0 saturated carbocycles. The van der Waals surface area contributed by atoms with E-state index in [0.29, 0.717) is 49.1 Å². The normalized spacial score (nSPS) is 14.3. The zero-order valence-corrected chi connectivity index (χ0v) is 16.7. The predicted octanol–water partition coefficient (Wildman–Crippen LogP) is 2.84. The molecule has 3 aromatic rings. The molecule has 0 spiro atoms. The van der Waals surface area contributed by atoms with E-state index in [-0.39, 0.29) is 11.5 Å². The summed E-state index contributed by atoms with van der Waals surface area (Å²) in [4.78, 5) is 29.8. The molecule has 28 heavy (non-hydrogen) atoms. The van der Waals surface area contributed by atoms with Gasteiger partial charge in [0.1, 0.15) is 5.82 Å². The molecule has 6 nitrogen and oxygen atoms in total. The SMILES string of the molecule is O=C(Cc1cccs1)N1CCN(c2ccc(=O)n(-c3cccc(Cl)c3)n2)CC1. The van der Waals surface area contributed by atoms with Gasteiger partial charge in [-0.25, -0.2) is 0 Å². The number of halogens is 1. The zero-order chi connectivity index (χ0) is 19.5. The Labute approximate surface area is 171 Å². The second kappa shape index (κ2) is 8.16. The van der Waals surface area contributed by atoms with Crippen LogP contribution in [0.2, 0.25) is 5.02 Å². The van der Waals surface area contributed by atoms with Gasteiger partial charge in [0.05, 0.1) is 12.1 Å². The lowest BCUT2D eigenvalue weighted by atomic mass is 10.2. The van der Waals surface area contributed by atoms with Crippen LogP contribution in [-0.2, 0) is 11.2 Å². The highest BCUT2D eigenvalue weighted by atomic mass is 35.5. The second-order valence-corrected chi connectivity index (χ2v) is 8.01. The van der Waals surface area contributed by atoms with E-state index >= 15 is 0 Å². The van der Waals surface area contributed by atoms with Gasteiger partial charge in [-0.2, -0.15) is 4.68 Å². The van der Waals surface area contributed by atoms with Crippen molar-refractivity contribution in [3.05, 3.63) is 74.2 Å². The molecule has 3 heterocycles. The van der Waals surface area contributed by atoms with E-state index in [1.54, 1.807) is 41.7 Å². The summed E-state index contributed by atoms with van der Waals surface area (Å²) in [7, 11) is 0. The summed E-state index contributed by atoms with van der Waals surface area (Å²) in [6, 6.07) is 14.2. The van der Waals surface area contributed by atoms with Crippen molar-refractivity contribution in [2.75, 3.05) is 31.1 Å². The first-order valence-corrected chi connectivity index (χ1v) is 10.3. The van der Waals surface area contributed by atoms with Gasteiger partial charge in [0.2, 0.25) is 5.91 Å². The van der Waals surface area contributed by atoms with Crippen molar-refractivity contribution >= 4 is 34.7 Å². The van der Waals surface area contributed by atoms with Crippen LogP contribution in [-0.4, -0.2) is 46.8 Å². The summed E-state index contributed by atoms with van der Waals surface area (Å²) in [6.07, 6.45) is 0.454. The Morgan fingerprint density at radius 2 is 1.89 bits per heavy atom. The Balaban J connectivity index is 1.45. The van der Waals surface area contributed by atoms with Gasteiger partial charge in [0, 0.05) is 42.1 Å². The van der Waals surface area contributed by atoms with E-state index < -0.39 is 0 Å². The molecule has 0 N–H and O–H groups in total. The maximum Gasteiger partial charge on any atom is 0.271 e. The maximum absolute atomic E-state index is 12.5. The van der Waals surface area contributed by atoms with E-state index in [1.165, 1.54) is 10.7 Å². The topological polar surface area (TPSA) is 58.4 Å². The van der Waals surface area contributed by atoms with Crippen LogP contribution in [0.25, 0.3) is 5.69 Å². The van der Waals surface area contributed by atoms with Crippen molar-refractivity contribution in [2.24, 2.45) is 0 Å². The molecule has 1 fully saturated rings. The average Bonchev–Trinajstić information content (AvgIpc) is 3.21. The minimum atomic E-state index is -0.212. The lowest BCUT2D eigenvalue weighted by Crippen LogP contribution is -2.49. The summed E-state index contributed by atoms with van der Waals surface area (Å²) in [5.41, 5.74) is 0.417. The van der Waals surface area contributed by atoms with Crippen LogP contribution in [0.15, 0.2) is 58.7 Å². The summed E-state index contributed by atoms with van der Waals surface area (Å²) in [5.74, 6) is 0.865. The number of aromatic nitrogens is 2. The standard InChI is InChI=1S/C20H19ClN4O2S/c21-15-3-1-4-16(13-15)25-19(26)7-6-18(22-25)23-8-10-24(11-9-23)20(27)14-17-5-2-12-28-17/h1-7,12-13H,8-11,14H2. The van der Waals surface area contributed by atoms with Gasteiger partial charge < -0.3 is 9.80 Å². The number of nitrogens with zero attached hydrogens (tertiary/aromatic N) is 4. The van der Waals surface area contributed by atoms with E-state index in [1.807, 2.05) is 22.4 Å². The summed E-state index contributed by atoms with van der Waals surface area (Å²) >= 11 is 7.65. The Morgan fingerprint density at radius 3 is 2.61 bits per heavy atom. The Kier molecular flexibility index (Phi) is 5.45. The summed E-state index contributed by atoms with van der Waals surface area (Å²) < 4.78 is 1.36. The van der Waals surface area contributed by atoms with Crippen molar-refractivity contribution < 1.29 is 4.79 Å². The van der Waals surface area contributed by atoms with Crippen LogP contribution in [0.4, 0.5) is 5.82 Å². The highest BCUT2D eigenvalue weighted by molar-refractivity contribution is 7.10. The Hall–Kier alpha value is -2.64. The van der Waals surface area contributed by atoms with Gasteiger partial charge >= 0.3 is 0 Å². The molecule has 1 saturated heterocycles. The average molecular weight is 415 g/mol. The lowest BCUT2D eigenvalue weighted by molar-refractivity contribution is -0.130. The summed E-state index contributed by atoms with van der Waals surface area (Å²) in [6.45, 7) is 2.64. The minimum Gasteiger partial charge on any atom is -0.352 e. The molecular weight excluding hydrogens is 396 g/mol. The molecule has 1 aliphatic rings. The van der Waals surface area contributed by atoms with Gasteiger partial charge in [0.25, 0.3) is 5.56 Å². The third kappa shape index (κ3) is 4.10. The number of hydrogen-bond donors (Lipinski definition) is 0. The van der Waals surface area contributed by atoms with Crippen LogP contribution in [0.1, 0.15) is 4.88 Å². The van der Waals surface area contributed by atoms with Crippen molar-refractivity contribution in [3.63, 3.8) is 0 Å². The van der Waals surface area contributed by atoms with Gasteiger partial charge in [0.15, 0.2) is 0 Å². The molecular formula is C20H19ClN4O2S. The molecule has 0 radical (unpaired) electrons. The number of amides is 1. The van der Waals surface area contributed by atoms with Crippen LogP contribution in [0.3, 0.4) is 0 Å². The van der Waals surface area contributed by atoms with Gasteiger partial charge in [-0.15, -0.1) is 16.4 Å². The summed E-state index contributed by atoms with van der Waals surface area (Å²) in [5, 5.41) is 7.05. The van der Waals surface area contributed by atoms with Gasteiger partial charge in [-0.3, -0.25) is 9.59 Å². The molecule has 144 valence electrons. The third-order valence-electron chi connectivity index (χ3n) is 4.70. The van der Waals surface area contributed by atoms with E-state index in [2.05, 4.69) is 10.00 Å². The van der Waals surface area contributed by atoms with Crippen molar-refractivity contribution in [3.8, 4) is 5.69 Å². The largest absolute Gasteiger partial charge is 0.352 e. The highest BCUT2D eigenvalue weighted by Crippen LogP contribution is 2.17.